The van der Waals surface area contributed by atoms with Gasteiger partial charge in [-0.15, -0.1) is 0 Å². The molecule has 3 aromatic carbocycles. The van der Waals surface area contributed by atoms with Gasteiger partial charge in [-0.25, -0.2) is 0 Å². The van der Waals surface area contributed by atoms with Gasteiger partial charge in [0.25, 0.3) is 0 Å². The Morgan fingerprint density at radius 1 is 1.03 bits per heavy atom. The SMILES string of the molecule is COc1ccc(Br)c(CNc2cc(Cl)c(O)c(Cl)c2)c1OCc1ccc(C)cc1. The van der Waals surface area contributed by atoms with E-state index < -0.39 is 0 Å². The largest absolute Gasteiger partial charge is 0.505 e. The Labute approximate surface area is 188 Å². The molecule has 0 heterocycles. The molecule has 0 radical (unpaired) electrons. The molecule has 0 amide bonds. The minimum absolute atomic E-state index is 0.136. The van der Waals surface area contributed by atoms with Crippen LogP contribution in [0.1, 0.15) is 16.7 Å². The van der Waals surface area contributed by atoms with E-state index in [1.54, 1.807) is 19.2 Å². The average molecular weight is 497 g/mol. The van der Waals surface area contributed by atoms with Crippen LogP contribution in [0.4, 0.5) is 5.69 Å². The molecule has 7 heteroatoms. The van der Waals surface area contributed by atoms with Gasteiger partial charge in [-0.2, -0.15) is 0 Å². The lowest BCUT2D eigenvalue weighted by Crippen LogP contribution is -2.06. The van der Waals surface area contributed by atoms with Crippen molar-refractivity contribution in [2.45, 2.75) is 20.1 Å². The molecule has 0 aliphatic carbocycles. The molecule has 29 heavy (non-hydrogen) atoms. The molecule has 0 saturated carbocycles. The Kier molecular flexibility index (Phi) is 7.17. The highest BCUT2D eigenvalue weighted by molar-refractivity contribution is 9.10. The van der Waals surface area contributed by atoms with Crippen LogP contribution in [0.5, 0.6) is 17.2 Å². The fourth-order valence-electron chi connectivity index (χ4n) is 2.76. The number of aryl methyl sites for hydroxylation is 1. The number of methoxy groups -OCH3 is 1. The predicted octanol–water partition coefficient (Wildman–Crippen LogP) is 6.97. The van der Waals surface area contributed by atoms with Crippen molar-refractivity contribution >= 4 is 44.8 Å². The first-order valence-corrected chi connectivity index (χ1v) is 10.4. The van der Waals surface area contributed by atoms with Crippen LogP contribution in [0.2, 0.25) is 10.0 Å². The molecule has 0 unspecified atom stereocenters. The summed E-state index contributed by atoms with van der Waals surface area (Å²) in [5.74, 6) is 1.15. The molecule has 3 aromatic rings. The van der Waals surface area contributed by atoms with Crippen LogP contribution in [-0.2, 0) is 13.2 Å². The van der Waals surface area contributed by atoms with Crippen molar-refractivity contribution in [2.75, 3.05) is 12.4 Å². The van der Waals surface area contributed by atoms with Crippen molar-refractivity contribution in [2.24, 2.45) is 0 Å². The van der Waals surface area contributed by atoms with Crippen LogP contribution >= 0.6 is 39.1 Å². The topological polar surface area (TPSA) is 50.7 Å². The van der Waals surface area contributed by atoms with Crippen molar-refractivity contribution in [3.8, 4) is 17.2 Å². The minimum atomic E-state index is -0.136. The number of nitrogens with one attached hydrogen (secondary N) is 1. The molecule has 0 spiro atoms. The molecular weight excluding hydrogens is 477 g/mol. The van der Waals surface area contributed by atoms with Crippen molar-refractivity contribution in [1.29, 1.82) is 0 Å². The Morgan fingerprint density at radius 2 is 1.69 bits per heavy atom. The quantitative estimate of drug-likeness (QED) is 0.347. The van der Waals surface area contributed by atoms with Gasteiger partial charge in [-0.05, 0) is 36.8 Å². The number of phenols is 1. The fourth-order valence-corrected chi connectivity index (χ4v) is 3.70. The lowest BCUT2D eigenvalue weighted by Gasteiger charge is -2.18. The molecule has 0 bridgehead atoms. The summed E-state index contributed by atoms with van der Waals surface area (Å²) in [5.41, 5.74) is 3.83. The van der Waals surface area contributed by atoms with E-state index in [1.165, 1.54) is 5.56 Å². The Hall–Kier alpha value is -2.08. The summed E-state index contributed by atoms with van der Waals surface area (Å²) in [6, 6.07) is 15.2. The number of anilines is 1. The van der Waals surface area contributed by atoms with Gasteiger partial charge in [0.05, 0.1) is 17.2 Å². The lowest BCUT2D eigenvalue weighted by atomic mass is 10.1. The highest BCUT2D eigenvalue weighted by Gasteiger charge is 2.16. The molecule has 0 aromatic heterocycles. The summed E-state index contributed by atoms with van der Waals surface area (Å²) in [6.07, 6.45) is 0. The van der Waals surface area contributed by atoms with Crippen molar-refractivity contribution in [3.05, 3.63) is 79.7 Å². The van der Waals surface area contributed by atoms with Crippen LogP contribution in [0, 0.1) is 6.92 Å². The third-order valence-corrected chi connectivity index (χ3v) is 5.70. The molecular formula is C22H20BrCl2NO3. The summed E-state index contributed by atoms with van der Waals surface area (Å²) < 4.78 is 12.5. The number of hydrogen-bond acceptors (Lipinski definition) is 4. The minimum Gasteiger partial charge on any atom is -0.505 e. The van der Waals surface area contributed by atoms with Crippen LogP contribution in [0.15, 0.2) is 53.0 Å². The molecule has 0 aliphatic heterocycles. The van der Waals surface area contributed by atoms with Gasteiger partial charge in [0.1, 0.15) is 6.61 Å². The molecule has 0 fully saturated rings. The van der Waals surface area contributed by atoms with Crippen molar-refractivity contribution < 1.29 is 14.6 Å². The third-order valence-electron chi connectivity index (χ3n) is 4.38. The number of benzene rings is 3. The summed E-state index contributed by atoms with van der Waals surface area (Å²) in [4.78, 5) is 0. The van der Waals surface area contributed by atoms with Gasteiger partial charge in [-0.1, -0.05) is 69.0 Å². The van der Waals surface area contributed by atoms with Gasteiger partial charge in [0.15, 0.2) is 17.2 Å². The maximum Gasteiger partial charge on any atom is 0.167 e. The number of halogens is 3. The highest BCUT2D eigenvalue weighted by Crippen LogP contribution is 2.38. The lowest BCUT2D eigenvalue weighted by molar-refractivity contribution is 0.281. The normalized spacial score (nSPS) is 10.7. The van der Waals surface area contributed by atoms with E-state index in [4.69, 9.17) is 32.7 Å². The first-order chi connectivity index (χ1) is 13.9. The summed E-state index contributed by atoms with van der Waals surface area (Å²) >= 11 is 15.6. The molecule has 0 saturated heterocycles. The van der Waals surface area contributed by atoms with E-state index in [-0.39, 0.29) is 15.8 Å². The maximum absolute atomic E-state index is 9.73. The first-order valence-electron chi connectivity index (χ1n) is 8.84. The standard InChI is InChI=1S/C22H20BrCl2NO3/c1-13-3-5-14(6-4-13)12-29-22-16(17(23)7-8-20(22)28-2)11-26-15-9-18(24)21(27)19(25)10-15/h3-10,26-27H,11-12H2,1-2H3. The van der Waals surface area contributed by atoms with Crippen LogP contribution < -0.4 is 14.8 Å². The number of ether oxygens (including phenoxy) is 2. The highest BCUT2D eigenvalue weighted by atomic mass is 79.9. The second kappa shape index (κ2) is 9.61. The van der Waals surface area contributed by atoms with Crippen LogP contribution in [-0.4, -0.2) is 12.2 Å². The van der Waals surface area contributed by atoms with Gasteiger partial charge < -0.3 is 19.9 Å². The summed E-state index contributed by atoms with van der Waals surface area (Å²) in [7, 11) is 1.61. The van der Waals surface area contributed by atoms with E-state index in [0.717, 1.165) is 15.6 Å². The molecule has 0 atom stereocenters. The van der Waals surface area contributed by atoms with Gasteiger partial charge >= 0.3 is 0 Å². The Bertz CT molecular complexity index is 987. The summed E-state index contributed by atoms with van der Waals surface area (Å²) in [6.45, 7) is 2.89. The molecule has 4 nitrogen and oxygen atoms in total. The van der Waals surface area contributed by atoms with E-state index in [1.807, 2.05) is 31.2 Å². The summed E-state index contributed by atoms with van der Waals surface area (Å²) in [5, 5.41) is 13.4. The van der Waals surface area contributed by atoms with Crippen LogP contribution in [0.25, 0.3) is 0 Å². The zero-order valence-corrected chi connectivity index (χ0v) is 19.0. The molecule has 152 valence electrons. The van der Waals surface area contributed by atoms with E-state index >= 15 is 0 Å². The Balaban J connectivity index is 1.84. The number of rotatable bonds is 7. The van der Waals surface area contributed by atoms with Crippen LogP contribution in [0.3, 0.4) is 0 Å². The van der Waals surface area contributed by atoms with Crippen molar-refractivity contribution in [1.82, 2.24) is 0 Å². The second-order valence-corrected chi connectivity index (χ2v) is 8.14. The second-order valence-electron chi connectivity index (χ2n) is 6.47. The zero-order valence-electron chi connectivity index (χ0n) is 15.9. The van der Waals surface area contributed by atoms with Gasteiger partial charge in [-0.3, -0.25) is 0 Å². The molecule has 0 aliphatic rings. The monoisotopic (exact) mass is 495 g/mol. The maximum atomic E-state index is 9.73. The number of phenolic OH excluding ortho intramolecular Hbond substituents is 1. The van der Waals surface area contributed by atoms with Gasteiger partial charge in [0.2, 0.25) is 0 Å². The van der Waals surface area contributed by atoms with E-state index in [0.29, 0.717) is 30.3 Å². The van der Waals surface area contributed by atoms with E-state index in [2.05, 4.69) is 33.4 Å². The predicted molar refractivity (Wildman–Crippen MR) is 122 cm³/mol. The smallest absolute Gasteiger partial charge is 0.167 e. The first kappa shape index (κ1) is 21.6. The fraction of sp³-hybridized carbons (Fsp3) is 0.182. The number of aromatic hydroxyl groups is 1. The van der Waals surface area contributed by atoms with Crippen molar-refractivity contribution in [3.63, 3.8) is 0 Å². The number of hydrogen-bond donors (Lipinski definition) is 2. The third kappa shape index (κ3) is 5.30. The average Bonchev–Trinajstić information content (AvgIpc) is 2.70. The zero-order chi connectivity index (χ0) is 21.0. The molecule has 3 rings (SSSR count). The van der Waals surface area contributed by atoms with E-state index in [9.17, 15) is 5.11 Å². The Morgan fingerprint density at radius 3 is 2.31 bits per heavy atom. The molecule has 2 N–H and O–H groups in total. The van der Waals surface area contributed by atoms with Gasteiger partial charge in [0, 0.05) is 22.3 Å².